The number of aliphatic carboxylic acids is 1. The molecule has 2 aromatic rings. The molecule has 6 nitrogen and oxygen atoms in total. The number of carbonyl (C=O) groups is 2. The van der Waals surface area contributed by atoms with Gasteiger partial charge in [0.25, 0.3) is 5.91 Å². The fourth-order valence-corrected chi connectivity index (χ4v) is 4.41. The molecule has 1 fully saturated rings. The largest absolute Gasteiger partial charge is 0.490 e. The van der Waals surface area contributed by atoms with E-state index in [-0.39, 0.29) is 18.9 Å². The van der Waals surface area contributed by atoms with Crippen LogP contribution >= 0.6 is 35.6 Å². The standard InChI is InChI=1S/C23H22ClNO5S2/c1-2-29-19-12-16(7-10-18(19)30-14-15-5-8-17(24)9-6-15)13-20-22(28)25(23(31)32-20)11-3-4-21(26)27/h5-10,12-13H,2-4,11,14H2,1H3,(H,26,27). The van der Waals surface area contributed by atoms with Gasteiger partial charge in [0.2, 0.25) is 0 Å². The molecule has 1 N–H and O–H groups in total. The molecule has 168 valence electrons. The molecular formula is C23H22ClNO5S2. The van der Waals surface area contributed by atoms with E-state index >= 15 is 0 Å². The van der Waals surface area contributed by atoms with E-state index in [0.29, 0.717) is 45.4 Å². The summed E-state index contributed by atoms with van der Waals surface area (Å²) in [7, 11) is 0. The molecule has 32 heavy (non-hydrogen) atoms. The zero-order valence-corrected chi connectivity index (χ0v) is 19.8. The lowest BCUT2D eigenvalue weighted by atomic mass is 10.1. The van der Waals surface area contributed by atoms with Crippen LogP contribution in [0.3, 0.4) is 0 Å². The molecule has 0 aromatic heterocycles. The van der Waals surface area contributed by atoms with Crippen molar-refractivity contribution in [2.45, 2.75) is 26.4 Å². The number of hydrogen-bond donors (Lipinski definition) is 1. The van der Waals surface area contributed by atoms with Crippen molar-refractivity contribution < 1.29 is 24.2 Å². The normalized spacial score (nSPS) is 14.8. The Balaban J connectivity index is 1.72. The quantitative estimate of drug-likeness (QED) is 0.353. The molecule has 1 saturated heterocycles. The van der Waals surface area contributed by atoms with Crippen LogP contribution in [0, 0.1) is 0 Å². The third kappa shape index (κ3) is 6.48. The number of thioether (sulfide) groups is 1. The predicted octanol–water partition coefficient (Wildman–Crippen LogP) is 5.38. The van der Waals surface area contributed by atoms with E-state index in [0.717, 1.165) is 11.1 Å². The Labute approximate surface area is 201 Å². The maximum absolute atomic E-state index is 12.7. The van der Waals surface area contributed by atoms with Crippen molar-refractivity contribution in [1.82, 2.24) is 4.90 Å². The highest BCUT2D eigenvalue weighted by Crippen LogP contribution is 2.35. The minimum atomic E-state index is -0.896. The average Bonchev–Trinajstić information content (AvgIpc) is 3.01. The number of thiocarbonyl (C=S) groups is 1. The van der Waals surface area contributed by atoms with E-state index in [9.17, 15) is 9.59 Å². The van der Waals surface area contributed by atoms with Crippen molar-refractivity contribution in [3.63, 3.8) is 0 Å². The van der Waals surface area contributed by atoms with Gasteiger partial charge in [-0.3, -0.25) is 14.5 Å². The fourth-order valence-electron chi connectivity index (χ4n) is 2.98. The zero-order chi connectivity index (χ0) is 23.1. The van der Waals surface area contributed by atoms with Gasteiger partial charge in [-0.05, 0) is 54.8 Å². The first kappa shape index (κ1) is 24.1. The van der Waals surface area contributed by atoms with Crippen LogP contribution in [0.2, 0.25) is 5.02 Å². The van der Waals surface area contributed by atoms with Crippen molar-refractivity contribution in [3.8, 4) is 11.5 Å². The zero-order valence-electron chi connectivity index (χ0n) is 17.4. The molecule has 9 heteroatoms. The van der Waals surface area contributed by atoms with Gasteiger partial charge in [0, 0.05) is 18.0 Å². The Kier molecular flexibility index (Phi) is 8.55. The van der Waals surface area contributed by atoms with Crippen LogP contribution in [0.4, 0.5) is 0 Å². The van der Waals surface area contributed by atoms with Crippen LogP contribution in [0.15, 0.2) is 47.4 Å². The predicted molar refractivity (Wildman–Crippen MR) is 130 cm³/mol. The van der Waals surface area contributed by atoms with Gasteiger partial charge < -0.3 is 14.6 Å². The minimum absolute atomic E-state index is 0.00862. The van der Waals surface area contributed by atoms with E-state index < -0.39 is 5.97 Å². The number of amides is 1. The second-order valence-electron chi connectivity index (χ2n) is 6.88. The lowest BCUT2D eigenvalue weighted by molar-refractivity contribution is -0.137. The third-order valence-electron chi connectivity index (χ3n) is 4.52. The molecule has 0 aliphatic carbocycles. The molecule has 0 radical (unpaired) electrons. The monoisotopic (exact) mass is 491 g/mol. The Bertz CT molecular complexity index is 1040. The van der Waals surface area contributed by atoms with Gasteiger partial charge in [-0.15, -0.1) is 0 Å². The van der Waals surface area contributed by atoms with Gasteiger partial charge in [-0.1, -0.05) is 53.8 Å². The molecular weight excluding hydrogens is 470 g/mol. The molecule has 3 rings (SSSR count). The minimum Gasteiger partial charge on any atom is -0.490 e. The summed E-state index contributed by atoms with van der Waals surface area (Å²) in [6.07, 6.45) is 2.09. The fraction of sp³-hybridized carbons (Fsp3) is 0.261. The van der Waals surface area contributed by atoms with Crippen molar-refractivity contribution in [2.75, 3.05) is 13.2 Å². The van der Waals surface area contributed by atoms with Crippen molar-refractivity contribution in [2.24, 2.45) is 0 Å². The smallest absolute Gasteiger partial charge is 0.303 e. The second-order valence-corrected chi connectivity index (χ2v) is 9.00. The summed E-state index contributed by atoms with van der Waals surface area (Å²) in [5, 5.41) is 9.46. The van der Waals surface area contributed by atoms with Crippen molar-refractivity contribution >= 4 is 57.9 Å². The summed E-state index contributed by atoms with van der Waals surface area (Å²) in [6.45, 7) is 3.01. The van der Waals surface area contributed by atoms with Crippen molar-refractivity contribution in [1.29, 1.82) is 0 Å². The van der Waals surface area contributed by atoms with E-state index in [4.69, 9.17) is 38.4 Å². The lowest BCUT2D eigenvalue weighted by Crippen LogP contribution is -2.29. The van der Waals surface area contributed by atoms with Gasteiger partial charge in [-0.25, -0.2) is 0 Å². The summed E-state index contributed by atoms with van der Waals surface area (Å²) in [5.74, 6) is 0.0616. The van der Waals surface area contributed by atoms with E-state index in [1.165, 1.54) is 16.7 Å². The number of halogens is 1. The SMILES string of the molecule is CCOc1cc(C=C2SC(=S)N(CCCC(=O)O)C2=O)ccc1OCc1ccc(Cl)cc1. The number of benzene rings is 2. The van der Waals surface area contributed by atoms with Crippen LogP contribution < -0.4 is 9.47 Å². The molecule has 1 amide bonds. The molecule has 0 unspecified atom stereocenters. The first-order valence-electron chi connectivity index (χ1n) is 9.98. The maximum atomic E-state index is 12.7. The van der Waals surface area contributed by atoms with Gasteiger partial charge in [0.15, 0.2) is 11.5 Å². The molecule has 2 aromatic carbocycles. The first-order chi connectivity index (χ1) is 15.4. The molecule has 0 saturated carbocycles. The Morgan fingerprint density at radius 2 is 1.94 bits per heavy atom. The maximum Gasteiger partial charge on any atom is 0.303 e. The van der Waals surface area contributed by atoms with E-state index in [1.54, 1.807) is 12.1 Å². The van der Waals surface area contributed by atoms with Crippen LogP contribution in [-0.2, 0) is 16.2 Å². The number of carboxylic acids is 1. The van der Waals surface area contributed by atoms with Crippen LogP contribution in [0.5, 0.6) is 11.5 Å². The Morgan fingerprint density at radius 1 is 1.19 bits per heavy atom. The van der Waals surface area contributed by atoms with Crippen LogP contribution in [0.1, 0.15) is 30.9 Å². The number of carbonyl (C=O) groups excluding carboxylic acids is 1. The highest BCUT2D eigenvalue weighted by molar-refractivity contribution is 8.26. The van der Waals surface area contributed by atoms with Gasteiger partial charge in [0.05, 0.1) is 11.5 Å². The topological polar surface area (TPSA) is 76.1 Å². The third-order valence-corrected chi connectivity index (χ3v) is 6.15. The molecule has 1 aliphatic heterocycles. The first-order valence-corrected chi connectivity index (χ1v) is 11.6. The molecule has 0 spiro atoms. The van der Waals surface area contributed by atoms with Crippen molar-refractivity contribution in [3.05, 3.63) is 63.5 Å². The van der Waals surface area contributed by atoms with Crippen LogP contribution in [-0.4, -0.2) is 39.4 Å². The molecule has 0 atom stereocenters. The van der Waals surface area contributed by atoms with E-state index in [2.05, 4.69) is 0 Å². The van der Waals surface area contributed by atoms with Gasteiger partial charge >= 0.3 is 5.97 Å². The Morgan fingerprint density at radius 3 is 2.62 bits per heavy atom. The summed E-state index contributed by atoms with van der Waals surface area (Å²) < 4.78 is 12.1. The summed E-state index contributed by atoms with van der Waals surface area (Å²) in [6, 6.07) is 12.9. The Hall–Kier alpha value is -2.55. The van der Waals surface area contributed by atoms with Gasteiger partial charge in [-0.2, -0.15) is 0 Å². The number of ether oxygens (including phenoxy) is 2. The molecule has 1 aliphatic rings. The summed E-state index contributed by atoms with van der Waals surface area (Å²) in [5.41, 5.74) is 1.76. The average molecular weight is 492 g/mol. The van der Waals surface area contributed by atoms with Crippen LogP contribution in [0.25, 0.3) is 6.08 Å². The number of hydrogen-bond acceptors (Lipinski definition) is 6. The highest BCUT2D eigenvalue weighted by atomic mass is 35.5. The number of rotatable bonds is 10. The lowest BCUT2D eigenvalue weighted by Gasteiger charge is -2.13. The number of carboxylic acid groups (broad SMARTS) is 1. The highest BCUT2D eigenvalue weighted by Gasteiger charge is 2.31. The number of nitrogens with zero attached hydrogens (tertiary/aromatic N) is 1. The molecule has 0 bridgehead atoms. The second kappa shape index (κ2) is 11.4. The molecule has 1 heterocycles. The summed E-state index contributed by atoms with van der Waals surface area (Å²) in [4.78, 5) is 25.3. The van der Waals surface area contributed by atoms with E-state index in [1.807, 2.05) is 43.3 Å². The summed E-state index contributed by atoms with van der Waals surface area (Å²) >= 11 is 12.4. The van der Waals surface area contributed by atoms with Gasteiger partial charge in [0.1, 0.15) is 10.9 Å².